The Kier molecular flexibility index (Phi) is 2730. The van der Waals surface area contributed by atoms with Gasteiger partial charge < -0.3 is 0 Å². The molecule has 0 heterocycles. The first kappa shape index (κ1) is 360. The van der Waals surface area contributed by atoms with Gasteiger partial charge in [-0.15, -0.1) is 0 Å². The molecule has 0 N–H and O–H groups in total. The Morgan fingerprint density at radius 3 is 0.0217 bits per heavy atom. The van der Waals surface area contributed by atoms with Crippen molar-refractivity contribution in [3.63, 3.8) is 0 Å². The minimum absolute atomic E-state index is 0. The summed E-state index contributed by atoms with van der Waals surface area (Å²) in [6.45, 7) is 0. The van der Waals surface area contributed by atoms with Crippen LogP contribution >= 0.6 is 0 Å². The van der Waals surface area contributed by atoms with Crippen LogP contribution in [0.2, 0.25) is 0 Å². The van der Waals surface area contributed by atoms with E-state index in [4.69, 9.17) is 0 Å². The normalized spacial score (nSPS) is 0. The van der Waals surface area contributed by atoms with Gasteiger partial charge in [-0.25, -0.2) is 0 Å². The van der Waals surface area contributed by atoms with Gasteiger partial charge in [-0.1, -0.05) is 0 Å². The van der Waals surface area contributed by atoms with Gasteiger partial charge in [0.15, 0.2) is 0 Å². The summed E-state index contributed by atoms with van der Waals surface area (Å²) in [5, 5.41) is 0. The predicted octanol–water partition coefficient (Wildman–Crippen LogP) is -29.8. The van der Waals surface area contributed by atoms with Crippen LogP contribution in [0.25, 0.3) is 0 Å². The van der Waals surface area contributed by atoms with Crippen LogP contribution in [-0.2, 0) is 0 Å². The van der Waals surface area contributed by atoms with Gasteiger partial charge in [-0.2, -0.15) is 0 Å². The summed E-state index contributed by atoms with van der Waals surface area (Å²) >= 11 is 0. The van der Waals surface area contributed by atoms with Crippen molar-refractivity contribution in [1.29, 1.82) is 0 Å². The molecule has 0 saturated heterocycles. The Balaban J connectivity index is 0. The van der Waals surface area contributed by atoms with Gasteiger partial charge in [0, 0.05) is 0 Å². The molecule has 46 heavy (non-hydrogen) atoms. The molecule has 0 amide bonds. The zero-order valence-electron chi connectivity index (χ0n) is 0. The Morgan fingerprint density at radius 1 is 0.0217 bits per heavy atom. The maximum absolute atomic E-state index is 0. The molecule has 0 bridgehead atoms. The number of hydrogen-bond acceptors (Lipinski definition) is 0. The molecule has 0 radical (unpaired) electrons. The molecule has 0 aromatic rings. The molecule has 92 valence electrons. The van der Waals surface area contributed by atoms with Crippen molar-refractivity contribution in [3.8, 4) is 0 Å². The summed E-state index contributed by atoms with van der Waals surface area (Å²) in [4.78, 5) is 0. The molecule has 0 aliphatic rings. The van der Waals surface area contributed by atoms with Crippen LogP contribution in [0, 0.1) is 0 Å². The van der Waals surface area contributed by atoms with E-state index in [1.807, 2.05) is 0 Å². The Labute approximate surface area is 1310 Å². The first-order valence-corrected chi connectivity index (χ1v) is 0. The van der Waals surface area contributed by atoms with Crippen molar-refractivity contribution in [1.82, 2.24) is 0 Å². The van der Waals surface area contributed by atoms with E-state index in [1.165, 1.54) is 0 Å². The first-order chi connectivity index (χ1) is 0. The molecule has 0 rings (SSSR count). The van der Waals surface area contributed by atoms with Crippen LogP contribution in [-0.4, -0.2) is 1360 Å². The Hall–Kier alpha value is 46.0. The van der Waals surface area contributed by atoms with Gasteiger partial charge in [0.05, 0.1) is 0 Å². The van der Waals surface area contributed by atoms with Crippen LogP contribution in [0.15, 0.2) is 0 Å². The Bertz CT molecular complexity index is 0. The third-order valence-electron chi connectivity index (χ3n) is 0. The van der Waals surface area contributed by atoms with Crippen LogP contribution in [0.3, 0.4) is 0 Å². The van der Waals surface area contributed by atoms with Crippen molar-refractivity contribution in [2.75, 3.05) is 0 Å². The third-order valence-corrected chi connectivity index (χ3v) is 0. The van der Waals surface area contributed by atoms with E-state index in [9.17, 15) is 0 Å². The standard InChI is InChI=1S/46Na.46H. The second-order valence-electron chi connectivity index (χ2n) is 0. The fourth-order valence-corrected chi connectivity index (χ4v) is 0. The minimum atomic E-state index is 0. The van der Waals surface area contributed by atoms with Gasteiger partial charge in [0.2, 0.25) is 0 Å². The van der Waals surface area contributed by atoms with Gasteiger partial charge in [-0.05, 0) is 0 Å². The van der Waals surface area contributed by atoms with Crippen LogP contribution in [0.1, 0.15) is 0 Å². The Morgan fingerprint density at radius 2 is 0.0217 bits per heavy atom. The summed E-state index contributed by atoms with van der Waals surface area (Å²) in [5.74, 6) is 0. The molecule has 0 saturated carbocycles. The molecule has 0 aliphatic heterocycles. The second-order valence-corrected chi connectivity index (χ2v) is 0. The quantitative estimate of drug-likeness (QED) is 0.212. The second kappa shape index (κ2) is 348. The van der Waals surface area contributed by atoms with E-state index in [0.29, 0.717) is 0 Å². The monoisotopic (exact) mass is 1100 g/mol. The molecule has 0 nitrogen and oxygen atoms in total. The van der Waals surface area contributed by atoms with E-state index in [-0.39, 0.29) is 1360 Å². The van der Waals surface area contributed by atoms with Crippen molar-refractivity contribution < 1.29 is 0 Å². The maximum atomic E-state index is 0. The summed E-state index contributed by atoms with van der Waals surface area (Å²) in [5.41, 5.74) is 0. The fourth-order valence-electron chi connectivity index (χ4n) is 0. The summed E-state index contributed by atoms with van der Waals surface area (Å²) in [7, 11) is 0. The molecule has 0 aliphatic carbocycles. The molecule has 0 fully saturated rings. The average Bonchev–Trinajstić information content (AvgIpc) is 0. The van der Waals surface area contributed by atoms with Crippen LogP contribution in [0.4, 0.5) is 0 Å². The van der Waals surface area contributed by atoms with E-state index in [1.54, 1.807) is 0 Å². The molecule has 0 aromatic heterocycles. The van der Waals surface area contributed by atoms with E-state index >= 15 is 0 Å². The number of hydrogen-bond donors (Lipinski definition) is 0. The molecular formula is H46Na46. The molecule has 0 aromatic carbocycles. The van der Waals surface area contributed by atoms with Gasteiger partial charge in [-0.3, -0.25) is 0 Å². The zero-order valence-corrected chi connectivity index (χ0v) is 0. The van der Waals surface area contributed by atoms with Gasteiger partial charge in [0.1, 0.15) is 0 Å². The fraction of sp³-hybridized carbons (Fsp3) is 0. The van der Waals surface area contributed by atoms with E-state index in [2.05, 4.69) is 0 Å². The summed E-state index contributed by atoms with van der Waals surface area (Å²) in [6.07, 6.45) is 0. The predicted molar refractivity (Wildman–Crippen MR) is 329 cm³/mol. The van der Waals surface area contributed by atoms with E-state index in [0.717, 1.165) is 0 Å². The summed E-state index contributed by atoms with van der Waals surface area (Å²) < 4.78 is 0. The van der Waals surface area contributed by atoms with Gasteiger partial charge >= 0.3 is 1360 Å². The van der Waals surface area contributed by atoms with Crippen molar-refractivity contribution in [3.05, 3.63) is 0 Å². The summed E-state index contributed by atoms with van der Waals surface area (Å²) in [6, 6.07) is 0. The van der Waals surface area contributed by atoms with Crippen molar-refractivity contribution >= 4 is 1360 Å². The number of rotatable bonds is 0. The molecule has 0 spiro atoms. The van der Waals surface area contributed by atoms with E-state index < -0.39 is 0 Å². The molecule has 0 atom stereocenters. The zero-order chi connectivity index (χ0) is 0. The molecular weight excluding hydrogens is 1060 g/mol. The average molecular weight is 1100 g/mol. The van der Waals surface area contributed by atoms with Crippen LogP contribution in [0.5, 0.6) is 0 Å². The van der Waals surface area contributed by atoms with Crippen molar-refractivity contribution in [2.45, 2.75) is 0 Å². The molecule has 46 heteroatoms. The van der Waals surface area contributed by atoms with Crippen LogP contribution < -0.4 is 0 Å². The topological polar surface area (TPSA) is 0 Å². The molecule has 0 unspecified atom stereocenters. The van der Waals surface area contributed by atoms with Gasteiger partial charge in [0.25, 0.3) is 0 Å². The first-order valence-electron chi connectivity index (χ1n) is 0. The van der Waals surface area contributed by atoms with Crippen molar-refractivity contribution in [2.24, 2.45) is 0 Å². The SMILES string of the molecule is [NaH].[NaH].[NaH].[NaH].[NaH].[NaH].[NaH].[NaH].[NaH].[NaH].[NaH].[NaH].[NaH].[NaH].[NaH].[NaH].[NaH].[NaH].[NaH].[NaH].[NaH].[NaH].[NaH].[NaH].[NaH].[NaH].[NaH].[NaH].[NaH].[NaH].[NaH].[NaH].[NaH].[NaH].[NaH].[NaH].[NaH].[NaH].[NaH].[NaH].[NaH].[NaH].[NaH].[NaH].[NaH].[NaH]. The third kappa shape index (κ3) is 337.